The van der Waals surface area contributed by atoms with E-state index in [9.17, 15) is 9.59 Å². The van der Waals surface area contributed by atoms with E-state index < -0.39 is 11.4 Å². The summed E-state index contributed by atoms with van der Waals surface area (Å²) in [5.74, 6) is -1.02. The molecule has 5 nitrogen and oxygen atoms in total. The summed E-state index contributed by atoms with van der Waals surface area (Å²) in [6.07, 6.45) is 3.78. The van der Waals surface area contributed by atoms with Crippen molar-refractivity contribution in [2.45, 2.75) is 46.0 Å². The van der Waals surface area contributed by atoms with E-state index in [2.05, 4.69) is 10.2 Å². The molecule has 1 aromatic rings. The Balaban J connectivity index is 2.04. The number of carbonyl (C=O) groups excluding carboxylic acids is 1. The number of anilines is 2. The van der Waals surface area contributed by atoms with Gasteiger partial charge in [-0.2, -0.15) is 0 Å². The SMILES string of the molecule is CC(C)(CC(=O)O)CC(=O)Nc1ccccc1N1CCCCC1. The molecule has 126 valence electrons. The highest BCUT2D eigenvalue weighted by molar-refractivity contribution is 5.95. The van der Waals surface area contributed by atoms with Crippen LogP contribution in [0.15, 0.2) is 24.3 Å². The van der Waals surface area contributed by atoms with Gasteiger partial charge in [0.1, 0.15) is 0 Å². The van der Waals surface area contributed by atoms with Gasteiger partial charge in [0, 0.05) is 19.5 Å². The lowest BCUT2D eigenvalue weighted by molar-refractivity contribution is -0.139. The Morgan fingerprint density at radius 1 is 1.13 bits per heavy atom. The first-order valence-corrected chi connectivity index (χ1v) is 8.23. The summed E-state index contributed by atoms with van der Waals surface area (Å²) < 4.78 is 0. The molecule has 0 aliphatic carbocycles. The maximum absolute atomic E-state index is 12.3. The van der Waals surface area contributed by atoms with Crippen molar-refractivity contribution in [2.75, 3.05) is 23.3 Å². The van der Waals surface area contributed by atoms with Crippen molar-refractivity contribution < 1.29 is 14.7 Å². The fourth-order valence-electron chi connectivity index (χ4n) is 3.09. The first-order valence-electron chi connectivity index (χ1n) is 8.23. The van der Waals surface area contributed by atoms with Crippen LogP contribution in [0.2, 0.25) is 0 Å². The molecule has 1 amide bonds. The van der Waals surface area contributed by atoms with Crippen LogP contribution >= 0.6 is 0 Å². The number of hydrogen-bond acceptors (Lipinski definition) is 3. The van der Waals surface area contributed by atoms with Gasteiger partial charge in [0.25, 0.3) is 0 Å². The van der Waals surface area contributed by atoms with Crippen LogP contribution in [0, 0.1) is 5.41 Å². The van der Waals surface area contributed by atoms with Crippen molar-refractivity contribution >= 4 is 23.3 Å². The monoisotopic (exact) mass is 318 g/mol. The number of nitrogens with one attached hydrogen (secondary N) is 1. The zero-order chi connectivity index (χ0) is 16.9. The molecule has 1 heterocycles. The molecule has 0 atom stereocenters. The van der Waals surface area contributed by atoms with Crippen molar-refractivity contribution in [2.24, 2.45) is 5.41 Å². The van der Waals surface area contributed by atoms with Crippen LogP contribution in [0.1, 0.15) is 46.0 Å². The second kappa shape index (κ2) is 7.49. The fraction of sp³-hybridized carbons (Fsp3) is 0.556. The van der Waals surface area contributed by atoms with Gasteiger partial charge < -0.3 is 15.3 Å². The van der Waals surface area contributed by atoms with Gasteiger partial charge in [0.05, 0.1) is 17.8 Å². The van der Waals surface area contributed by atoms with Crippen LogP contribution < -0.4 is 10.2 Å². The number of nitrogens with zero attached hydrogens (tertiary/aromatic N) is 1. The smallest absolute Gasteiger partial charge is 0.303 e. The Bertz CT molecular complexity index is 563. The van der Waals surface area contributed by atoms with Gasteiger partial charge >= 0.3 is 5.97 Å². The molecule has 1 saturated heterocycles. The quantitative estimate of drug-likeness (QED) is 0.842. The van der Waals surface area contributed by atoms with Crippen molar-refractivity contribution in [3.63, 3.8) is 0 Å². The number of para-hydroxylation sites is 2. The molecular formula is C18H26N2O3. The van der Waals surface area contributed by atoms with E-state index in [0.717, 1.165) is 24.5 Å². The number of benzene rings is 1. The molecule has 0 aromatic heterocycles. The molecule has 0 bridgehead atoms. The molecule has 1 fully saturated rings. The summed E-state index contributed by atoms with van der Waals surface area (Å²) >= 11 is 0. The van der Waals surface area contributed by atoms with Crippen LogP contribution in [0.3, 0.4) is 0 Å². The highest BCUT2D eigenvalue weighted by Crippen LogP contribution is 2.30. The third-order valence-corrected chi connectivity index (χ3v) is 4.14. The third-order valence-electron chi connectivity index (χ3n) is 4.14. The number of piperidine rings is 1. The Hall–Kier alpha value is -2.04. The third kappa shape index (κ3) is 5.27. The first kappa shape index (κ1) is 17.3. The van der Waals surface area contributed by atoms with Crippen LogP contribution in [-0.4, -0.2) is 30.1 Å². The average Bonchev–Trinajstić information content (AvgIpc) is 2.46. The molecule has 23 heavy (non-hydrogen) atoms. The molecular weight excluding hydrogens is 292 g/mol. The fourth-order valence-corrected chi connectivity index (χ4v) is 3.09. The zero-order valence-electron chi connectivity index (χ0n) is 14.0. The number of amides is 1. The van der Waals surface area contributed by atoms with E-state index in [4.69, 9.17) is 5.11 Å². The lowest BCUT2D eigenvalue weighted by Crippen LogP contribution is -2.31. The molecule has 2 rings (SSSR count). The minimum Gasteiger partial charge on any atom is -0.481 e. The predicted molar refractivity (Wildman–Crippen MR) is 91.8 cm³/mol. The highest BCUT2D eigenvalue weighted by Gasteiger charge is 2.26. The molecule has 1 aliphatic heterocycles. The van der Waals surface area contributed by atoms with E-state index >= 15 is 0 Å². The van der Waals surface area contributed by atoms with Gasteiger partial charge in [-0.3, -0.25) is 9.59 Å². The summed E-state index contributed by atoms with van der Waals surface area (Å²) in [5, 5.41) is 11.9. The van der Waals surface area contributed by atoms with Gasteiger partial charge in [-0.1, -0.05) is 26.0 Å². The van der Waals surface area contributed by atoms with Crippen LogP contribution in [0.5, 0.6) is 0 Å². The molecule has 0 saturated carbocycles. The number of carboxylic acids is 1. The summed E-state index contributed by atoms with van der Waals surface area (Å²) in [7, 11) is 0. The molecule has 0 unspecified atom stereocenters. The number of hydrogen-bond donors (Lipinski definition) is 2. The minimum absolute atomic E-state index is 0.0197. The highest BCUT2D eigenvalue weighted by atomic mass is 16.4. The Morgan fingerprint density at radius 3 is 2.43 bits per heavy atom. The Labute approximate surface area is 137 Å². The van der Waals surface area contributed by atoms with E-state index in [1.54, 1.807) is 13.8 Å². The summed E-state index contributed by atoms with van der Waals surface area (Å²) in [5.41, 5.74) is 1.30. The largest absolute Gasteiger partial charge is 0.481 e. The van der Waals surface area contributed by atoms with E-state index in [-0.39, 0.29) is 18.7 Å². The van der Waals surface area contributed by atoms with Gasteiger partial charge in [-0.25, -0.2) is 0 Å². The van der Waals surface area contributed by atoms with Gasteiger partial charge in [0.2, 0.25) is 5.91 Å². The topological polar surface area (TPSA) is 69.6 Å². The van der Waals surface area contributed by atoms with Gasteiger partial charge in [0.15, 0.2) is 0 Å². The van der Waals surface area contributed by atoms with Crippen LogP contribution in [0.4, 0.5) is 11.4 Å². The first-order chi connectivity index (χ1) is 10.9. The lowest BCUT2D eigenvalue weighted by Gasteiger charge is -2.31. The van der Waals surface area contributed by atoms with Crippen molar-refractivity contribution in [1.29, 1.82) is 0 Å². The van der Waals surface area contributed by atoms with Crippen molar-refractivity contribution in [3.05, 3.63) is 24.3 Å². The maximum atomic E-state index is 12.3. The van der Waals surface area contributed by atoms with Gasteiger partial charge in [-0.15, -0.1) is 0 Å². The van der Waals surface area contributed by atoms with Crippen LogP contribution in [-0.2, 0) is 9.59 Å². The normalized spacial score (nSPS) is 15.3. The summed E-state index contributed by atoms with van der Waals surface area (Å²) in [4.78, 5) is 25.5. The molecule has 5 heteroatoms. The second-order valence-electron chi connectivity index (χ2n) is 7.02. The number of carbonyl (C=O) groups is 2. The van der Waals surface area contributed by atoms with E-state index in [1.807, 2.05) is 24.3 Å². The standard InChI is InChI=1S/C18H26N2O3/c1-18(2,13-17(22)23)12-16(21)19-14-8-4-5-9-15(14)20-10-6-3-7-11-20/h4-5,8-9H,3,6-7,10-13H2,1-2H3,(H,19,21)(H,22,23). The lowest BCUT2D eigenvalue weighted by atomic mass is 9.85. The maximum Gasteiger partial charge on any atom is 0.303 e. The molecule has 0 radical (unpaired) electrons. The number of rotatable bonds is 6. The summed E-state index contributed by atoms with van der Waals surface area (Å²) in [6.45, 7) is 5.63. The van der Waals surface area contributed by atoms with Crippen LogP contribution in [0.25, 0.3) is 0 Å². The minimum atomic E-state index is -0.878. The number of carboxylic acid groups (broad SMARTS) is 1. The molecule has 2 N–H and O–H groups in total. The predicted octanol–water partition coefficient (Wildman–Crippen LogP) is 3.51. The van der Waals surface area contributed by atoms with Crippen molar-refractivity contribution in [1.82, 2.24) is 0 Å². The second-order valence-corrected chi connectivity index (χ2v) is 7.02. The van der Waals surface area contributed by atoms with E-state index in [0.29, 0.717) is 0 Å². The van der Waals surface area contributed by atoms with Crippen molar-refractivity contribution in [3.8, 4) is 0 Å². The zero-order valence-corrected chi connectivity index (χ0v) is 14.0. The van der Waals surface area contributed by atoms with Gasteiger partial charge in [-0.05, 0) is 36.8 Å². The number of aliphatic carboxylic acids is 1. The molecule has 1 aromatic carbocycles. The summed E-state index contributed by atoms with van der Waals surface area (Å²) in [6, 6.07) is 7.83. The average molecular weight is 318 g/mol. The van der Waals surface area contributed by atoms with E-state index in [1.165, 1.54) is 19.3 Å². The molecule has 1 aliphatic rings. The molecule has 0 spiro atoms. The Morgan fingerprint density at radius 2 is 1.78 bits per heavy atom. The Kier molecular flexibility index (Phi) is 5.64.